The summed E-state index contributed by atoms with van der Waals surface area (Å²) in [5.74, 6) is 0.902. The Hall–Kier alpha value is -1.51. The third-order valence-corrected chi connectivity index (χ3v) is 2.74. The molecule has 0 fully saturated rings. The van der Waals surface area contributed by atoms with Crippen LogP contribution in [0.5, 0.6) is 5.75 Å². The van der Waals surface area contributed by atoms with E-state index in [1.54, 1.807) is 0 Å². The smallest absolute Gasteiger partial charge is 0.122 e. The third-order valence-electron chi connectivity index (χ3n) is 2.74. The summed E-state index contributed by atoms with van der Waals surface area (Å²) in [7, 11) is 0. The van der Waals surface area contributed by atoms with Crippen LogP contribution in [0.4, 0.5) is 0 Å². The Balaban J connectivity index is 0.00000162. The second kappa shape index (κ2) is 7.04. The molecule has 0 spiro atoms. The lowest BCUT2D eigenvalue weighted by Crippen LogP contribution is -2.19. The van der Waals surface area contributed by atoms with Crippen LogP contribution in [0.15, 0.2) is 54.6 Å². The van der Waals surface area contributed by atoms with E-state index in [0.717, 1.165) is 16.9 Å². The van der Waals surface area contributed by atoms with Crippen molar-refractivity contribution < 1.29 is 4.74 Å². The molecule has 0 saturated carbocycles. The molecule has 0 aliphatic carbocycles. The minimum absolute atomic E-state index is 0. The maximum absolute atomic E-state index is 6.07. The van der Waals surface area contributed by atoms with Crippen LogP contribution in [-0.4, -0.2) is 6.61 Å². The van der Waals surface area contributed by atoms with Crippen LogP contribution < -0.4 is 10.5 Å². The lowest BCUT2D eigenvalue weighted by Gasteiger charge is -2.14. The maximum atomic E-state index is 6.07. The van der Waals surface area contributed by atoms with Gasteiger partial charge in [0.15, 0.2) is 0 Å². The zero-order valence-electron chi connectivity index (χ0n) is 10.4. The van der Waals surface area contributed by atoms with Gasteiger partial charge < -0.3 is 10.5 Å². The van der Waals surface area contributed by atoms with Crippen molar-refractivity contribution in [3.05, 3.63) is 65.7 Å². The Morgan fingerprint density at radius 3 is 2.28 bits per heavy atom. The van der Waals surface area contributed by atoms with Crippen LogP contribution in [0.3, 0.4) is 0 Å². The monoisotopic (exact) mass is 263 g/mol. The van der Waals surface area contributed by atoms with Gasteiger partial charge in [-0.05, 0) is 24.1 Å². The van der Waals surface area contributed by atoms with Gasteiger partial charge in [-0.3, -0.25) is 0 Å². The molecule has 2 aromatic rings. The van der Waals surface area contributed by atoms with Gasteiger partial charge in [-0.1, -0.05) is 48.5 Å². The number of ether oxygens (including phenoxy) is 1. The number of benzene rings is 2. The summed E-state index contributed by atoms with van der Waals surface area (Å²) in [5, 5.41) is 0. The first-order valence-electron chi connectivity index (χ1n) is 5.76. The summed E-state index contributed by atoms with van der Waals surface area (Å²) >= 11 is 0. The molecule has 1 atom stereocenters. The molecule has 0 amide bonds. The standard InChI is InChI=1S/C15H17NO.ClH/c1-12-7-5-6-10-15(12)17-11-14(16)13-8-3-2-4-9-13;/h2-10,14H,11,16H2,1H3;1H. The van der Waals surface area contributed by atoms with Crippen LogP contribution in [0.2, 0.25) is 0 Å². The Bertz CT molecular complexity index is 473. The molecule has 2 rings (SSSR count). The molecule has 18 heavy (non-hydrogen) atoms. The predicted molar refractivity (Wildman–Crippen MR) is 77.3 cm³/mol. The Kier molecular flexibility index (Phi) is 5.69. The van der Waals surface area contributed by atoms with Crippen LogP contribution in [0.25, 0.3) is 0 Å². The zero-order valence-corrected chi connectivity index (χ0v) is 11.2. The van der Waals surface area contributed by atoms with Crippen molar-refractivity contribution in [2.75, 3.05) is 6.61 Å². The highest BCUT2D eigenvalue weighted by atomic mass is 35.5. The van der Waals surface area contributed by atoms with Crippen molar-refractivity contribution in [2.24, 2.45) is 5.73 Å². The molecular weight excluding hydrogens is 246 g/mol. The highest BCUT2D eigenvalue weighted by Crippen LogP contribution is 2.18. The molecule has 2 aromatic carbocycles. The lowest BCUT2D eigenvalue weighted by molar-refractivity contribution is 0.289. The van der Waals surface area contributed by atoms with E-state index >= 15 is 0 Å². The van der Waals surface area contributed by atoms with Crippen molar-refractivity contribution in [1.29, 1.82) is 0 Å². The van der Waals surface area contributed by atoms with Crippen LogP contribution in [0, 0.1) is 6.92 Å². The fourth-order valence-corrected chi connectivity index (χ4v) is 1.69. The third kappa shape index (κ3) is 3.76. The number of para-hydroxylation sites is 1. The molecule has 0 heterocycles. The van der Waals surface area contributed by atoms with E-state index in [9.17, 15) is 0 Å². The number of hydrogen-bond donors (Lipinski definition) is 1. The van der Waals surface area contributed by atoms with Gasteiger partial charge in [0.05, 0.1) is 6.04 Å². The Labute approximate surface area is 114 Å². The minimum atomic E-state index is -0.0872. The van der Waals surface area contributed by atoms with E-state index in [2.05, 4.69) is 0 Å². The Morgan fingerprint density at radius 2 is 1.61 bits per heavy atom. The van der Waals surface area contributed by atoms with Gasteiger partial charge in [-0.2, -0.15) is 0 Å². The molecule has 0 aliphatic rings. The number of aryl methyl sites for hydroxylation is 1. The van der Waals surface area contributed by atoms with E-state index in [1.165, 1.54) is 0 Å². The summed E-state index contributed by atoms with van der Waals surface area (Å²) in [6, 6.07) is 17.9. The maximum Gasteiger partial charge on any atom is 0.122 e. The predicted octanol–water partition coefficient (Wildman–Crippen LogP) is 3.50. The zero-order chi connectivity index (χ0) is 12.1. The first-order valence-corrected chi connectivity index (χ1v) is 5.76. The molecule has 3 heteroatoms. The second-order valence-electron chi connectivity index (χ2n) is 4.09. The molecular formula is C15H18ClNO. The average Bonchev–Trinajstić information content (AvgIpc) is 2.38. The summed E-state index contributed by atoms with van der Waals surface area (Å²) in [6.07, 6.45) is 0. The van der Waals surface area contributed by atoms with E-state index in [1.807, 2.05) is 61.5 Å². The molecule has 2 nitrogen and oxygen atoms in total. The highest BCUT2D eigenvalue weighted by Gasteiger charge is 2.06. The summed E-state index contributed by atoms with van der Waals surface area (Å²) in [5.41, 5.74) is 8.30. The summed E-state index contributed by atoms with van der Waals surface area (Å²) in [6.45, 7) is 2.53. The molecule has 2 N–H and O–H groups in total. The van der Waals surface area contributed by atoms with E-state index in [4.69, 9.17) is 10.5 Å². The van der Waals surface area contributed by atoms with Gasteiger partial charge in [-0.25, -0.2) is 0 Å². The van der Waals surface area contributed by atoms with Gasteiger partial charge >= 0.3 is 0 Å². The molecule has 96 valence electrons. The minimum Gasteiger partial charge on any atom is -0.491 e. The summed E-state index contributed by atoms with van der Waals surface area (Å²) in [4.78, 5) is 0. The van der Waals surface area contributed by atoms with Gasteiger partial charge in [0.25, 0.3) is 0 Å². The van der Waals surface area contributed by atoms with Crippen molar-refractivity contribution in [2.45, 2.75) is 13.0 Å². The van der Waals surface area contributed by atoms with E-state index in [0.29, 0.717) is 6.61 Å². The van der Waals surface area contributed by atoms with Gasteiger partial charge in [0, 0.05) is 0 Å². The first-order chi connectivity index (χ1) is 8.27. The fourth-order valence-electron chi connectivity index (χ4n) is 1.69. The topological polar surface area (TPSA) is 35.2 Å². The highest BCUT2D eigenvalue weighted by molar-refractivity contribution is 5.85. The molecule has 0 radical (unpaired) electrons. The fraction of sp³-hybridized carbons (Fsp3) is 0.200. The lowest BCUT2D eigenvalue weighted by atomic mass is 10.1. The number of nitrogens with two attached hydrogens (primary N) is 1. The first kappa shape index (κ1) is 14.6. The van der Waals surface area contributed by atoms with E-state index < -0.39 is 0 Å². The van der Waals surface area contributed by atoms with Crippen LogP contribution >= 0.6 is 12.4 Å². The molecule has 0 aliphatic heterocycles. The summed E-state index contributed by atoms with van der Waals surface area (Å²) < 4.78 is 5.73. The van der Waals surface area contributed by atoms with E-state index in [-0.39, 0.29) is 18.4 Å². The van der Waals surface area contributed by atoms with Gasteiger partial charge in [0.1, 0.15) is 12.4 Å². The number of halogens is 1. The molecule has 0 aromatic heterocycles. The SMILES string of the molecule is Cc1ccccc1OCC(N)c1ccccc1.Cl. The van der Waals surface area contributed by atoms with Crippen LogP contribution in [0.1, 0.15) is 17.2 Å². The molecule has 0 bridgehead atoms. The Morgan fingerprint density at radius 1 is 1.00 bits per heavy atom. The number of rotatable bonds is 4. The number of hydrogen-bond acceptors (Lipinski definition) is 2. The van der Waals surface area contributed by atoms with Gasteiger partial charge in [0.2, 0.25) is 0 Å². The largest absolute Gasteiger partial charge is 0.491 e. The average molecular weight is 264 g/mol. The van der Waals surface area contributed by atoms with Gasteiger partial charge in [-0.15, -0.1) is 12.4 Å². The molecule has 1 unspecified atom stereocenters. The molecule has 0 saturated heterocycles. The normalized spacial score (nSPS) is 11.4. The van der Waals surface area contributed by atoms with Crippen molar-refractivity contribution in [1.82, 2.24) is 0 Å². The second-order valence-corrected chi connectivity index (χ2v) is 4.09. The van der Waals surface area contributed by atoms with Crippen molar-refractivity contribution in [3.63, 3.8) is 0 Å². The quantitative estimate of drug-likeness (QED) is 0.916. The van der Waals surface area contributed by atoms with Crippen LogP contribution in [-0.2, 0) is 0 Å². The van der Waals surface area contributed by atoms with Crippen molar-refractivity contribution >= 4 is 12.4 Å². The van der Waals surface area contributed by atoms with Crippen molar-refractivity contribution in [3.8, 4) is 5.75 Å².